The zero-order valence-corrected chi connectivity index (χ0v) is 21.0. The topological polar surface area (TPSA) is 126 Å². The number of ether oxygens (including phenoxy) is 5. The molecule has 2 aromatic carbocycles. The average Bonchev–Trinajstić information content (AvgIpc) is 2.89. The zero-order valence-electron chi connectivity index (χ0n) is 21.0. The number of benzene rings is 2. The summed E-state index contributed by atoms with van der Waals surface area (Å²) in [4.78, 5) is 26.0. The standard InChI is InChI=1S/C27H29NO9/c1-15-11-19(29)24(27(31)36-15)18(17-9-10-22(32-2)26(34-4)25(17)33-3)12-23(30)28-13-16-14-35-20-7-5-6-8-21(20)37-16/h5-11,16,18,29H,12-14H2,1-4H3,(H,28,30)/t16-,18+/m0/s1. The Kier molecular flexibility index (Phi) is 7.76. The summed E-state index contributed by atoms with van der Waals surface area (Å²) in [5.74, 6) is 0.846. The van der Waals surface area contributed by atoms with Crippen LogP contribution < -0.4 is 34.6 Å². The summed E-state index contributed by atoms with van der Waals surface area (Å²) in [5, 5.41) is 13.5. The van der Waals surface area contributed by atoms with Gasteiger partial charge < -0.3 is 38.5 Å². The molecule has 2 N–H and O–H groups in total. The molecule has 2 atom stereocenters. The Balaban J connectivity index is 1.63. The molecular weight excluding hydrogens is 482 g/mol. The van der Waals surface area contributed by atoms with E-state index in [4.69, 9.17) is 28.1 Å². The number of fused-ring (bicyclic) bond motifs is 1. The van der Waals surface area contributed by atoms with Crippen molar-refractivity contribution >= 4 is 5.91 Å². The fourth-order valence-corrected chi connectivity index (χ4v) is 4.34. The van der Waals surface area contributed by atoms with Gasteiger partial charge in [-0.15, -0.1) is 0 Å². The van der Waals surface area contributed by atoms with Crippen LogP contribution in [0.4, 0.5) is 0 Å². The third kappa shape index (κ3) is 5.42. The molecule has 0 fully saturated rings. The van der Waals surface area contributed by atoms with Crippen LogP contribution in [-0.2, 0) is 4.79 Å². The van der Waals surface area contributed by atoms with Crippen LogP contribution >= 0.6 is 0 Å². The second kappa shape index (κ2) is 11.2. The maximum atomic E-state index is 13.1. The lowest BCUT2D eigenvalue weighted by molar-refractivity contribution is -0.121. The smallest absolute Gasteiger partial charge is 0.343 e. The van der Waals surface area contributed by atoms with E-state index in [2.05, 4.69) is 5.32 Å². The molecule has 3 aromatic rings. The van der Waals surface area contributed by atoms with Crippen molar-refractivity contribution in [2.75, 3.05) is 34.5 Å². The average molecular weight is 512 g/mol. The molecule has 10 heteroatoms. The van der Waals surface area contributed by atoms with Crippen LogP contribution in [0.3, 0.4) is 0 Å². The van der Waals surface area contributed by atoms with Crippen LogP contribution in [-0.4, -0.2) is 51.6 Å². The van der Waals surface area contributed by atoms with Gasteiger partial charge in [0.2, 0.25) is 11.7 Å². The highest BCUT2D eigenvalue weighted by molar-refractivity contribution is 5.78. The number of nitrogens with one attached hydrogen (secondary N) is 1. The highest BCUT2D eigenvalue weighted by Gasteiger charge is 2.31. The maximum Gasteiger partial charge on any atom is 0.343 e. The highest BCUT2D eigenvalue weighted by Crippen LogP contribution is 2.45. The van der Waals surface area contributed by atoms with Gasteiger partial charge in [0, 0.05) is 24.0 Å². The first-order valence-corrected chi connectivity index (χ1v) is 11.6. The maximum absolute atomic E-state index is 13.1. The fourth-order valence-electron chi connectivity index (χ4n) is 4.34. The molecule has 0 unspecified atom stereocenters. The number of amides is 1. The van der Waals surface area contributed by atoms with E-state index < -0.39 is 17.6 Å². The van der Waals surface area contributed by atoms with Gasteiger partial charge in [-0.2, -0.15) is 0 Å². The predicted molar refractivity (Wildman–Crippen MR) is 133 cm³/mol. The highest BCUT2D eigenvalue weighted by atomic mass is 16.6. The molecular formula is C27H29NO9. The number of para-hydroxylation sites is 2. The van der Waals surface area contributed by atoms with Crippen molar-refractivity contribution < 1.29 is 38.0 Å². The lowest BCUT2D eigenvalue weighted by atomic mass is 9.87. The number of aryl methyl sites for hydroxylation is 1. The molecule has 10 nitrogen and oxygen atoms in total. The predicted octanol–water partition coefficient (Wildman–Crippen LogP) is 3.16. The molecule has 0 radical (unpaired) electrons. The molecule has 0 aliphatic carbocycles. The molecule has 2 heterocycles. The van der Waals surface area contributed by atoms with Crippen LogP contribution in [0.25, 0.3) is 0 Å². The summed E-state index contributed by atoms with van der Waals surface area (Å²) < 4.78 is 33.3. The van der Waals surface area contributed by atoms with Crippen LogP contribution in [0, 0.1) is 6.92 Å². The first-order chi connectivity index (χ1) is 17.9. The summed E-state index contributed by atoms with van der Waals surface area (Å²) in [7, 11) is 4.37. The summed E-state index contributed by atoms with van der Waals surface area (Å²) >= 11 is 0. The van der Waals surface area contributed by atoms with Crippen LogP contribution in [0.2, 0.25) is 0 Å². The minimum Gasteiger partial charge on any atom is -0.507 e. The Hall–Kier alpha value is -4.34. The van der Waals surface area contributed by atoms with Crippen molar-refractivity contribution in [3.63, 3.8) is 0 Å². The van der Waals surface area contributed by atoms with Crippen LogP contribution in [0.15, 0.2) is 51.7 Å². The number of hydrogen-bond acceptors (Lipinski definition) is 9. The van der Waals surface area contributed by atoms with Crippen molar-refractivity contribution in [2.24, 2.45) is 0 Å². The normalized spacial score (nSPS) is 15.0. The van der Waals surface area contributed by atoms with Gasteiger partial charge in [-0.25, -0.2) is 4.79 Å². The third-order valence-corrected chi connectivity index (χ3v) is 6.03. The van der Waals surface area contributed by atoms with Gasteiger partial charge in [-0.1, -0.05) is 18.2 Å². The molecule has 1 aliphatic heterocycles. The number of hydrogen-bond donors (Lipinski definition) is 2. The second-order valence-electron chi connectivity index (χ2n) is 8.43. The van der Waals surface area contributed by atoms with E-state index in [1.165, 1.54) is 27.4 Å². The Bertz CT molecular complexity index is 1330. The van der Waals surface area contributed by atoms with Crippen molar-refractivity contribution in [3.05, 3.63) is 69.8 Å². The first kappa shape index (κ1) is 25.7. The van der Waals surface area contributed by atoms with Gasteiger partial charge in [0.05, 0.1) is 33.4 Å². The van der Waals surface area contributed by atoms with Gasteiger partial charge in [0.1, 0.15) is 24.2 Å². The number of methoxy groups -OCH3 is 3. The van der Waals surface area contributed by atoms with E-state index in [0.29, 0.717) is 22.8 Å². The van der Waals surface area contributed by atoms with Crippen molar-refractivity contribution in [1.29, 1.82) is 0 Å². The molecule has 1 aliphatic rings. The summed E-state index contributed by atoms with van der Waals surface area (Å²) in [6, 6.07) is 11.9. The molecule has 1 amide bonds. The van der Waals surface area contributed by atoms with Gasteiger partial charge in [-0.3, -0.25) is 4.79 Å². The van der Waals surface area contributed by atoms with Crippen LogP contribution in [0.5, 0.6) is 34.5 Å². The molecule has 0 bridgehead atoms. The number of aromatic hydroxyl groups is 1. The lowest BCUT2D eigenvalue weighted by Gasteiger charge is -2.27. The second-order valence-corrected chi connectivity index (χ2v) is 8.43. The third-order valence-electron chi connectivity index (χ3n) is 6.03. The van der Waals surface area contributed by atoms with Crippen LogP contribution in [0.1, 0.15) is 29.2 Å². The van der Waals surface area contributed by atoms with E-state index in [9.17, 15) is 14.7 Å². The molecule has 4 rings (SSSR count). The quantitative estimate of drug-likeness (QED) is 0.446. The number of carbonyl (C=O) groups excluding carboxylic acids is 1. The van der Waals surface area contributed by atoms with E-state index in [0.717, 1.165) is 0 Å². The Labute approximate surface area is 213 Å². The van der Waals surface area contributed by atoms with Crippen molar-refractivity contribution in [2.45, 2.75) is 25.4 Å². The van der Waals surface area contributed by atoms with Gasteiger partial charge in [0.15, 0.2) is 23.0 Å². The SMILES string of the molecule is COc1ccc([C@@H](CC(=O)NC[C@H]2COc3ccccc3O2)c2c(O)cc(C)oc2=O)c(OC)c1OC. The van der Waals surface area contributed by atoms with Crippen molar-refractivity contribution in [3.8, 4) is 34.5 Å². The van der Waals surface area contributed by atoms with Gasteiger partial charge >= 0.3 is 5.63 Å². The monoisotopic (exact) mass is 511 g/mol. The Morgan fingerprint density at radius 3 is 2.49 bits per heavy atom. The summed E-state index contributed by atoms with van der Waals surface area (Å²) in [5.41, 5.74) is -0.391. The largest absolute Gasteiger partial charge is 0.507 e. The molecule has 0 spiro atoms. The summed E-state index contributed by atoms with van der Waals surface area (Å²) in [6.07, 6.45) is -0.594. The molecule has 0 saturated heterocycles. The molecule has 1 aromatic heterocycles. The molecule has 196 valence electrons. The first-order valence-electron chi connectivity index (χ1n) is 11.6. The zero-order chi connectivity index (χ0) is 26.5. The molecule has 0 saturated carbocycles. The lowest BCUT2D eigenvalue weighted by Crippen LogP contribution is -2.41. The van der Waals surface area contributed by atoms with E-state index in [1.54, 1.807) is 25.1 Å². The van der Waals surface area contributed by atoms with Crippen molar-refractivity contribution in [1.82, 2.24) is 5.32 Å². The summed E-state index contributed by atoms with van der Waals surface area (Å²) in [6.45, 7) is 2.00. The fraction of sp³-hybridized carbons (Fsp3) is 0.333. The minimum absolute atomic E-state index is 0.0718. The number of carbonyl (C=O) groups is 1. The van der Waals surface area contributed by atoms with E-state index >= 15 is 0 Å². The number of rotatable bonds is 9. The Morgan fingerprint density at radius 2 is 1.81 bits per heavy atom. The van der Waals surface area contributed by atoms with Gasteiger partial charge in [-0.05, 0) is 25.1 Å². The van der Waals surface area contributed by atoms with Gasteiger partial charge in [0.25, 0.3) is 0 Å². The van der Waals surface area contributed by atoms with E-state index in [1.807, 2.05) is 18.2 Å². The molecule has 37 heavy (non-hydrogen) atoms. The van der Waals surface area contributed by atoms with E-state index in [-0.39, 0.29) is 54.1 Å². The minimum atomic E-state index is -0.921. The Morgan fingerprint density at radius 1 is 1.08 bits per heavy atom.